The summed E-state index contributed by atoms with van der Waals surface area (Å²) in [6, 6.07) is 2.11. The highest BCUT2D eigenvalue weighted by atomic mass is 16.5. The van der Waals surface area contributed by atoms with Crippen molar-refractivity contribution in [2.75, 3.05) is 24.5 Å². The molecule has 118 valence electrons. The van der Waals surface area contributed by atoms with Gasteiger partial charge < -0.3 is 20.2 Å². The Balaban J connectivity index is 2.09. The molecule has 2 unspecified atom stereocenters. The average molecular weight is 295 g/mol. The van der Waals surface area contributed by atoms with Crippen molar-refractivity contribution in [1.82, 2.24) is 9.97 Å². The lowest BCUT2D eigenvalue weighted by Crippen LogP contribution is -2.57. The molecule has 7 heteroatoms. The largest absolute Gasteiger partial charge is 0.381 e. The Labute approximate surface area is 125 Å². The average Bonchev–Trinajstić information content (AvgIpc) is 2.48. The van der Waals surface area contributed by atoms with Gasteiger partial charge in [0.25, 0.3) is 0 Å². The lowest BCUT2D eigenvalue weighted by atomic mass is 9.64. The number of hydrogen-bond acceptors (Lipinski definition) is 7. The number of rotatable bonds is 7. The molecule has 0 spiro atoms. The minimum atomic E-state index is 0.0656. The van der Waals surface area contributed by atoms with Gasteiger partial charge in [-0.15, -0.1) is 0 Å². The highest BCUT2D eigenvalue weighted by molar-refractivity contribution is 5.48. The Morgan fingerprint density at radius 2 is 2.10 bits per heavy atom. The van der Waals surface area contributed by atoms with Crippen LogP contribution in [0, 0.1) is 5.41 Å². The molecule has 1 fully saturated rings. The predicted molar refractivity (Wildman–Crippen MR) is 81.8 cm³/mol. The van der Waals surface area contributed by atoms with Gasteiger partial charge in [0.05, 0.1) is 6.10 Å². The number of nitrogens with zero attached hydrogens (tertiary/aromatic N) is 2. The SMILES string of the molecule is CCOCc1nc(NN)cc(NC2CC(OC)C2(C)C)n1. The quantitative estimate of drug-likeness (QED) is 0.518. The summed E-state index contributed by atoms with van der Waals surface area (Å²) in [5, 5.41) is 3.44. The van der Waals surface area contributed by atoms with Crippen LogP contribution in [0.1, 0.15) is 33.0 Å². The smallest absolute Gasteiger partial charge is 0.158 e. The Hall–Kier alpha value is -1.44. The number of anilines is 2. The van der Waals surface area contributed by atoms with E-state index in [0.717, 1.165) is 12.2 Å². The van der Waals surface area contributed by atoms with E-state index in [9.17, 15) is 0 Å². The lowest BCUT2D eigenvalue weighted by molar-refractivity contribution is -0.0795. The molecule has 21 heavy (non-hydrogen) atoms. The van der Waals surface area contributed by atoms with Gasteiger partial charge in [0.2, 0.25) is 0 Å². The number of aromatic nitrogens is 2. The van der Waals surface area contributed by atoms with Gasteiger partial charge in [-0.25, -0.2) is 15.8 Å². The van der Waals surface area contributed by atoms with Crippen LogP contribution >= 0.6 is 0 Å². The van der Waals surface area contributed by atoms with Gasteiger partial charge in [0.1, 0.15) is 18.2 Å². The molecule has 1 aliphatic carbocycles. The minimum absolute atomic E-state index is 0.0656. The van der Waals surface area contributed by atoms with Crippen LogP contribution in [0.25, 0.3) is 0 Å². The summed E-state index contributed by atoms with van der Waals surface area (Å²) in [6.45, 7) is 7.30. The maximum Gasteiger partial charge on any atom is 0.158 e. The Bertz CT molecular complexity index is 480. The molecular formula is C14H25N5O2. The first kappa shape index (κ1) is 15.9. The van der Waals surface area contributed by atoms with E-state index in [1.54, 1.807) is 13.2 Å². The highest BCUT2D eigenvalue weighted by Gasteiger charge is 2.48. The molecule has 4 N–H and O–H groups in total. The fourth-order valence-corrected chi connectivity index (χ4v) is 2.61. The van der Waals surface area contributed by atoms with Gasteiger partial charge in [-0.3, -0.25) is 0 Å². The number of nitrogens with one attached hydrogen (secondary N) is 2. The molecule has 1 saturated carbocycles. The monoisotopic (exact) mass is 295 g/mol. The van der Waals surface area contributed by atoms with Crippen LogP contribution in [0.5, 0.6) is 0 Å². The van der Waals surface area contributed by atoms with Crippen LogP contribution in [0.3, 0.4) is 0 Å². The molecule has 0 aliphatic heterocycles. The van der Waals surface area contributed by atoms with Gasteiger partial charge in [-0.1, -0.05) is 13.8 Å². The van der Waals surface area contributed by atoms with Crippen LogP contribution in [-0.4, -0.2) is 35.8 Å². The first-order chi connectivity index (χ1) is 10.0. The maximum atomic E-state index is 5.47. The fourth-order valence-electron chi connectivity index (χ4n) is 2.61. The molecule has 1 aliphatic rings. The zero-order chi connectivity index (χ0) is 15.5. The van der Waals surface area contributed by atoms with Crippen molar-refractivity contribution < 1.29 is 9.47 Å². The summed E-state index contributed by atoms with van der Waals surface area (Å²) in [7, 11) is 1.75. The maximum absolute atomic E-state index is 5.47. The number of hydrogen-bond donors (Lipinski definition) is 3. The zero-order valence-corrected chi connectivity index (χ0v) is 13.1. The van der Waals surface area contributed by atoms with E-state index in [0.29, 0.717) is 30.9 Å². The topological polar surface area (TPSA) is 94.3 Å². The van der Waals surface area contributed by atoms with Crippen molar-refractivity contribution in [3.63, 3.8) is 0 Å². The van der Waals surface area contributed by atoms with Crippen LogP contribution in [0.2, 0.25) is 0 Å². The molecule has 1 heterocycles. The second-order valence-corrected chi connectivity index (χ2v) is 5.81. The van der Waals surface area contributed by atoms with Crippen LogP contribution in [0.15, 0.2) is 6.07 Å². The molecule has 1 aromatic heterocycles. The van der Waals surface area contributed by atoms with Crippen molar-refractivity contribution in [3.8, 4) is 0 Å². The minimum Gasteiger partial charge on any atom is -0.381 e. The van der Waals surface area contributed by atoms with E-state index in [2.05, 4.69) is 34.6 Å². The second kappa shape index (κ2) is 6.55. The van der Waals surface area contributed by atoms with E-state index < -0.39 is 0 Å². The highest BCUT2D eigenvalue weighted by Crippen LogP contribution is 2.43. The lowest BCUT2D eigenvalue weighted by Gasteiger charge is -2.51. The molecule has 0 aromatic carbocycles. The molecular weight excluding hydrogens is 270 g/mol. The molecule has 2 atom stereocenters. The summed E-state index contributed by atoms with van der Waals surface area (Å²) in [6.07, 6.45) is 1.23. The molecule has 0 saturated heterocycles. The van der Waals surface area contributed by atoms with Crippen LogP contribution < -0.4 is 16.6 Å². The molecule has 0 radical (unpaired) electrons. The molecule has 2 rings (SSSR count). The van der Waals surface area contributed by atoms with E-state index in [-0.39, 0.29) is 11.5 Å². The standard InChI is InChI=1S/C14H25N5O2/c1-5-21-8-13-17-11(7-12(18-13)19-15)16-9-6-10(20-4)14(9,2)3/h7,9-10H,5-6,8,15H2,1-4H3,(H2,16,17,18,19). The van der Waals surface area contributed by atoms with Gasteiger partial charge in [-0.05, 0) is 13.3 Å². The van der Waals surface area contributed by atoms with Crippen molar-refractivity contribution in [2.45, 2.75) is 45.9 Å². The van der Waals surface area contributed by atoms with E-state index in [1.165, 1.54) is 0 Å². The summed E-state index contributed by atoms with van der Waals surface area (Å²) in [5.74, 6) is 7.39. The van der Waals surface area contributed by atoms with Crippen molar-refractivity contribution in [2.24, 2.45) is 11.3 Å². The first-order valence-corrected chi connectivity index (χ1v) is 7.22. The molecule has 0 bridgehead atoms. The third kappa shape index (κ3) is 3.42. The van der Waals surface area contributed by atoms with Crippen LogP contribution in [-0.2, 0) is 16.1 Å². The van der Waals surface area contributed by atoms with Crippen molar-refractivity contribution >= 4 is 11.6 Å². The number of hydrazine groups is 1. The van der Waals surface area contributed by atoms with Gasteiger partial charge in [0.15, 0.2) is 5.82 Å². The van der Waals surface area contributed by atoms with Crippen LogP contribution in [0.4, 0.5) is 11.6 Å². The third-order valence-electron chi connectivity index (χ3n) is 4.14. The summed E-state index contributed by atoms with van der Waals surface area (Å²) in [4.78, 5) is 8.74. The number of methoxy groups -OCH3 is 1. The fraction of sp³-hybridized carbons (Fsp3) is 0.714. The predicted octanol–water partition coefficient (Wildman–Crippen LogP) is 1.52. The number of nitrogens with two attached hydrogens (primary N) is 1. The summed E-state index contributed by atoms with van der Waals surface area (Å²) < 4.78 is 10.8. The molecule has 0 amide bonds. The van der Waals surface area contributed by atoms with Crippen molar-refractivity contribution in [1.29, 1.82) is 0 Å². The molecule has 1 aromatic rings. The Kier molecular flexibility index (Phi) is 4.97. The van der Waals surface area contributed by atoms with E-state index in [4.69, 9.17) is 15.3 Å². The number of nitrogen functional groups attached to an aromatic ring is 1. The normalized spacial score (nSPS) is 23.5. The van der Waals surface area contributed by atoms with E-state index in [1.807, 2.05) is 6.92 Å². The first-order valence-electron chi connectivity index (χ1n) is 7.22. The second-order valence-electron chi connectivity index (χ2n) is 5.81. The number of ether oxygens (including phenoxy) is 2. The van der Waals surface area contributed by atoms with Gasteiger partial charge in [0, 0.05) is 31.2 Å². The van der Waals surface area contributed by atoms with E-state index >= 15 is 0 Å². The van der Waals surface area contributed by atoms with Crippen molar-refractivity contribution in [3.05, 3.63) is 11.9 Å². The van der Waals surface area contributed by atoms with Gasteiger partial charge >= 0.3 is 0 Å². The summed E-state index contributed by atoms with van der Waals surface area (Å²) in [5.41, 5.74) is 2.63. The molecule has 7 nitrogen and oxygen atoms in total. The zero-order valence-electron chi connectivity index (χ0n) is 13.1. The summed E-state index contributed by atoms with van der Waals surface area (Å²) >= 11 is 0. The Morgan fingerprint density at radius 3 is 2.67 bits per heavy atom. The third-order valence-corrected chi connectivity index (χ3v) is 4.14. The Morgan fingerprint density at radius 1 is 1.38 bits per heavy atom. The van der Waals surface area contributed by atoms with Gasteiger partial charge in [-0.2, -0.15) is 0 Å².